The lowest BCUT2D eigenvalue weighted by atomic mass is 9.98. The smallest absolute Gasteiger partial charge is 0.407 e. The number of carbonyl (C=O) groups excluding carboxylic acids is 7. The number of nitrogens with two attached hydrogens (primary N) is 1. The molecule has 14 rings (SSSR count). The normalized spacial score (nSPS) is 22.0. The zero-order valence-corrected chi connectivity index (χ0v) is 79.4. The second kappa shape index (κ2) is 55.0. The Labute approximate surface area is 815 Å². The van der Waals surface area contributed by atoms with Crippen molar-refractivity contribution in [1.82, 2.24) is 64.8 Å². The summed E-state index contributed by atoms with van der Waals surface area (Å²) in [5.41, 5.74) is 17.4. The molecule has 13 N–H and O–H groups in total. The Kier molecular flexibility index (Phi) is 42.2. The summed E-state index contributed by atoms with van der Waals surface area (Å²) in [6.07, 6.45) is -8.27. The number of nitrogens with zero attached hydrogens (tertiary/aromatic N) is 7. The first-order chi connectivity index (χ1) is 69.2. The van der Waals surface area contributed by atoms with Crippen LogP contribution in [0.3, 0.4) is 0 Å². The molecule has 16 atom stereocenters. The summed E-state index contributed by atoms with van der Waals surface area (Å²) in [5, 5.41) is 37.2. The average molecular weight is 2000 g/mol. The van der Waals surface area contributed by atoms with Crippen LogP contribution in [0.2, 0.25) is 0 Å². The van der Waals surface area contributed by atoms with Gasteiger partial charge in [-0.3, -0.25) is 81.4 Å². The minimum atomic E-state index is -1.12. The van der Waals surface area contributed by atoms with E-state index in [1.807, 2.05) is 79.7 Å². The maximum Gasteiger partial charge on any atom is 0.407 e. The van der Waals surface area contributed by atoms with Crippen LogP contribution in [0.25, 0.3) is 32.7 Å². The standard InChI is InChI=1S/C32H36N4O10.C32H36N4O9.C18H28N6O7.C12H19N3O6/c1-33-25(37)11-12-27(39)46-28-24(18-42-2)45-30(36-15-13-26(38)35-31(36)40)29(28)43-16-14-34-32(41)44-17-23-21-9-5-3-7-19(21)20-8-4-6-10-22(20)23;1-3-24-28(45-27(39)13-12-25(37)33-2)29(30(44-24)36-16-14-26(38)35-31(36)40)42-17-15-34-32(41)43-18-23-21-10-6-4-8-19(21)20-9-5-7-11-22(20)23;1-29-11-12-15(27)16(17(31-12)24-9-6-14(26)22-18(24)28)30-10-8-20-13(25)5-3-2-4-7-21-23-19;1-19-6-7-9(17)10(20-5-3-13)11(21-7)15-4-2-8(16)14-12(15)18/h3-10,13,15,23-24,28-30H,11-12,14,16-18H2,1-2H3,(H,33,37)(H,34,41)(H,35,38,40);4-11,14,16,23-24,28-30H,3,12-13,15,17-18H2,1-2H3,(H,33,37)(H,34,41)(H,35,38,40);6,9,12,15-17,27H,2-5,7-8,10-11H2,1H3,(H,20,25)(H,22,26,28);2,4,7,9-11,17H,3,5-6,13H2,1H3,(H,14,16,18)/t2*24-,28?,29+,30-;12-,15?,16+,17-;7-,9?,10+,11-/m1111/s1. The fraction of sp³-hybridized carbons (Fsp3) is 0.500. The first-order valence-corrected chi connectivity index (χ1v) is 46.3. The number of amides is 5. The molecule has 8 heterocycles. The molecule has 5 amide bonds. The number of aromatic nitrogens is 8. The van der Waals surface area contributed by atoms with Gasteiger partial charge >= 0.3 is 46.9 Å². The van der Waals surface area contributed by atoms with E-state index < -0.39 is 167 Å². The fourth-order valence-corrected chi connectivity index (χ4v) is 17.0. The molecule has 0 radical (unpaired) electrons. The number of unbranched alkanes of at least 4 members (excludes halogenated alkanes) is 2. The molecule has 8 aromatic rings. The highest BCUT2D eigenvalue weighted by molar-refractivity contribution is 5.83. The number of fused-ring (bicyclic) bond motifs is 6. The summed E-state index contributed by atoms with van der Waals surface area (Å²) in [6.45, 7) is 3.50. The molecule has 0 spiro atoms. The predicted molar refractivity (Wildman–Crippen MR) is 505 cm³/mol. The Morgan fingerprint density at radius 1 is 0.413 bits per heavy atom. The summed E-state index contributed by atoms with van der Waals surface area (Å²) in [4.78, 5) is 192. The number of alkyl carbamates (subject to hydrolysis) is 2. The maximum atomic E-state index is 12.7. The maximum absolute atomic E-state index is 12.7. The number of esters is 2. The summed E-state index contributed by atoms with van der Waals surface area (Å²) >= 11 is 0. The van der Waals surface area contributed by atoms with Crippen molar-refractivity contribution in [3.8, 4) is 22.3 Å². The Balaban J connectivity index is 0.000000189. The molecule has 0 saturated carbocycles. The highest BCUT2D eigenvalue weighted by Crippen LogP contribution is 2.47. The summed E-state index contributed by atoms with van der Waals surface area (Å²) in [5.74, 6) is -2.29. The van der Waals surface area contributed by atoms with Gasteiger partial charge < -0.3 is 114 Å². The average Bonchev–Trinajstić information content (AvgIpc) is 1.75. The Bertz CT molecular complexity index is 6060. The largest absolute Gasteiger partial charge is 0.457 e. The number of hydrogen-bond donors (Lipinski definition) is 12. The van der Waals surface area contributed by atoms with Gasteiger partial charge in [0.15, 0.2) is 37.1 Å². The number of methoxy groups -OCH3 is 3. The van der Waals surface area contributed by atoms with E-state index in [1.54, 1.807) is 0 Å². The van der Waals surface area contributed by atoms with Gasteiger partial charge in [0.1, 0.15) is 68.1 Å². The molecular weight excluding hydrogens is 1880 g/mol. The SMILES string of the molecule is CC[C@H]1O[C@@H](n2ccc(=O)[nH]c2=O)[C@@H](OCCNC(=O)OCC2c3ccccc3-c3ccccc32)C1OC(=O)CCC(=O)NC.CNC(=O)CCC(=O)OC1[C@@H](COC)O[C@@H](n2ccc(=O)[nH]c2=O)[C@H]1OCCNC(=O)OCC1c2ccccc2-c2ccccc21.COC[C@H]1O[C@@H](n2ccc(=O)[nH]c2=O)[C@@H](OCCN)C1O.COC[C@H]1O[C@@H](n2ccc(=O)[nH]c2=O)[C@@H](OCCNC(=O)CCCCCN=[N+]=[N-])C1O. The van der Waals surface area contributed by atoms with Crippen molar-refractivity contribution < 1.29 is 115 Å². The lowest BCUT2D eigenvalue weighted by Crippen LogP contribution is -2.43. The number of aromatic amines is 4. The van der Waals surface area contributed by atoms with Crippen LogP contribution in [0.1, 0.15) is 124 Å². The first kappa shape index (κ1) is 110. The van der Waals surface area contributed by atoms with Crippen molar-refractivity contribution in [3.05, 3.63) is 262 Å². The summed E-state index contributed by atoms with van der Waals surface area (Å²) in [6, 6.07) is 36.8. The van der Waals surface area contributed by atoms with Crippen LogP contribution in [0, 0.1) is 0 Å². The summed E-state index contributed by atoms with van der Waals surface area (Å²) in [7, 11) is 7.29. The van der Waals surface area contributed by atoms with E-state index >= 15 is 0 Å². The molecule has 4 saturated heterocycles. The van der Waals surface area contributed by atoms with E-state index in [4.69, 9.17) is 82.3 Å². The van der Waals surface area contributed by atoms with Crippen LogP contribution in [0.5, 0.6) is 0 Å². The molecule has 49 heteroatoms. The second-order valence-electron chi connectivity index (χ2n) is 33.1. The minimum absolute atomic E-state index is 0.0140. The number of aliphatic hydroxyl groups excluding tert-OH is 2. The number of hydrogen-bond acceptors (Lipinski definition) is 34. The Hall–Kier alpha value is -13.8. The third-order valence-electron chi connectivity index (χ3n) is 23.7. The van der Waals surface area contributed by atoms with Gasteiger partial charge in [0.2, 0.25) is 17.7 Å². The van der Waals surface area contributed by atoms with Gasteiger partial charge in [-0.2, -0.15) is 0 Å². The monoisotopic (exact) mass is 2000 g/mol. The van der Waals surface area contributed by atoms with E-state index in [0.29, 0.717) is 25.8 Å². The molecule has 2 aliphatic carbocycles. The molecule has 772 valence electrons. The van der Waals surface area contributed by atoms with E-state index in [1.165, 1.54) is 83.0 Å². The Morgan fingerprint density at radius 2 is 0.748 bits per heavy atom. The quantitative estimate of drug-likeness (QED) is 0.00638. The molecule has 49 nitrogen and oxygen atoms in total. The lowest BCUT2D eigenvalue weighted by molar-refractivity contribution is -0.160. The number of ether oxygens (including phenoxy) is 15. The topological polar surface area (TPSA) is 653 Å². The highest BCUT2D eigenvalue weighted by atomic mass is 16.7. The van der Waals surface area contributed by atoms with Gasteiger partial charge in [0, 0.05) is 153 Å². The Morgan fingerprint density at radius 3 is 1.10 bits per heavy atom. The number of benzene rings is 4. The molecular formula is C94H119N17O32. The van der Waals surface area contributed by atoms with E-state index in [-0.39, 0.29) is 141 Å². The van der Waals surface area contributed by atoms with Crippen molar-refractivity contribution in [2.24, 2.45) is 10.8 Å². The van der Waals surface area contributed by atoms with E-state index in [2.05, 4.69) is 80.8 Å². The number of H-pyrrole nitrogens is 4. The second-order valence-corrected chi connectivity index (χ2v) is 33.1. The molecule has 6 aliphatic rings. The van der Waals surface area contributed by atoms with Crippen molar-refractivity contribution >= 4 is 41.8 Å². The summed E-state index contributed by atoms with van der Waals surface area (Å²) < 4.78 is 89.2. The van der Waals surface area contributed by atoms with Gasteiger partial charge in [-0.1, -0.05) is 116 Å². The molecule has 4 fully saturated rings. The van der Waals surface area contributed by atoms with Gasteiger partial charge in [-0.25, -0.2) is 28.8 Å². The zero-order chi connectivity index (χ0) is 103. The predicted octanol–water partition coefficient (Wildman–Crippen LogP) is 1.25. The number of aliphatic hydroxyl groups is 2. The number of nitrogens with one attached hydrogen (secondary N) is 9. The lowest BCUT2D eigenvalue weighted by Gasteiger charge is -2.25. The van der Waals surface area contributed by atoms with Crippen molar-refractivity contribution in [2.75, 3.05) is 128 Å². The van der Waals surface area contributed by atoms with Gasteiger partial charge in [0.05, 0.1) is 65.2 Å². The van der Waals surface area contributed by atoms with Gasteiger partial charge in [0.25, 0.3) is 22.2 Å². The molecule has 143 heavy (non-hydrogen) atoms. The molecule has 4 aromatic carbocycles. The molecule has 0 bridgehead atoms. The van der Waals surface area contributed by atoms with Crippen molar-refractivity contribution in [2.45, 2.75) is 175 Å². The third kappa shape index (κ3) is 29.7. The van der Waals surface area contributed by atoms with Crippen molar-refractivity contribution in [1.29, 1.82) is 0 Å². The van der Waals surface area contributed by atoms with Crippen LogP contribution in [0.15, 0.2) is 190 Å². The molecule has 4 unspecified atom stereocenters. The number of rotatable bonds is 44. The van der Waals surface area contributed by atoms with E-state index in [0.717, 1.165) is 77.1 Å². The van der Waals surface area contributed by atoms with Gasteiger partial charge in [-0.15, -0.1) is 0 Å². The highest BCUT2D eigenvalue weighted by Gasteiger charge is 2.52. The molecule has 4 aliphatic heterocycles. The van der Waals surface area contributed by atoms with Crippen LogP contribution >= 0.6 is 0 Å². The first-order valence-electron chi connectivity index (χ1n) is 46.3. The third-order valence-corrected chi connectivity index (χ3v) is 23.7. The van der Waals surface area contributed by atoms with Crippen LogP contribution in [-0.2, 0) is 95.0 Å². The van der Waals surface area contributed by atoms with Crippen LogP contribution in [-0.4, -0.2) is 291 Å². The minimum Gasteiger partial charge on any atom is -0.457 e. The van der Waals surface area contributed by atoms with Crippen LogP contribution in [0.4, 0.5) is 9.59 Å². The molecule has 4 aromatic heterocycles. The number of azide groups is 1. The van der Waals surface area contributed by atoms with Crippen molar-refractivity contribution in [3.63, 3.8) is 0 Å². The van der Waals surface area contributed by atoms with Crippen LogP contribution < -0.4 is 77.3 Å². The fourth-order valence-electron chi connectivity index (χ4n) is 17.0. The zero-order valence-electron chi connectivity index (χ0n) is 79.4. The number of carbonyl (C=O) groups is 7. The van der Waals surface area contributed by atoms with Gasteiger partial charge in [-0.05, 0) is 69.3 Å². The van der Waals surface area contributed by atoms with E-state index in [9.17, 15) is 82.1 Å².